The van der Waals surface area contributed by atoms with Crippen molar-refractivity contribution in [2.45, 2.75) is 31.5 Å². The highest BCUT2D eigenvalue weighted by Gasteiger charge is 2.36. The Kier molecular flexibility index (Phi) is 4.26. The molecule has 0 bridgehead atoms. The van der Waals surface area contributed by atoms with Crippen LogP contribution in [0.15, 0.2) is 11.8 Å². The number of hydrogen-bond donors (Lipinski definition) is 2. The summed E-state index contributed by atoms with van der Waals surface area (Å²) in [5.74, 6) is -0.443. The monoisotopic (exact) mass is 270 g/mol. The fraction of sp³-hybridized carbons (Fsp3) is 0.667. The first-order valence-corrected chi connectivity index (χ1v) is 6.35. The number of carbonyl (C=O) groups is 2. The van der Waals surface area contributed by atoms with Crippen molar-refractivity contribution in [2.75, 3.05) is 19.7 Å². The minimum Gasteiger partial charge on any atom is -0.450 e. The number of aliphatic hydroxyl groups is 1. The molecule has 2 atom stereocenters. The Balaban J connectivity index is 1.92. The first kappa shape index (κ1) is 13.7. The molecule has 3 N–H and O–H groups in total. The molecule has 0 aromatic carbocycles. The van der Waals surface area contributed by atoms with Crippen molar-refractivity contribution in [2.24, 2.45) is 5.73 Å². The van der Waals surface area contributed by atoms with Crippen LogP contribution in [0.4, 0.5) is 4.79 Å². The zero-order valence-electron chi connectivity index (χ0n) is 10.6. The Bertz CT molecular complexity index is 390. The van der Waals surface area contributed by atoms with E-state index < -0.39 is 24.3 Å². The molecule has 106 valence electrons. The summed E-state index contributed by atoms with van der Waals surface area (Å²) in [5, 5.41) is 10.0. The minimum absolute atomic E-state index is 0.00215. The molecule has 1 fully saturated rings. The van der Waals surface area contributed by atoms with E-state index in [1.807, 2.05) is 4.90 Å². The third kappa shape index (κ3) is 3.37. The lowest BCUT2D eigenvalue weighted by Crippen LogP contribution is -2.36. The van der Waals surface area contributed by atoms with Crippen molar-refractivity contribution >= 4 is 12.1 Å². The number of carbonyl (C=O) groups excluding carboxylic acids is 2. The molecule has 2 rings (SSSR count). The van der Waals surface area contributed by atoms with E-state index in [1.165, 1.54) is 6.08 Å². The Morgan fingerprint density at radius 1 is 1.58 bits per heavy atom. The van der Waals surface area contributed by atoms with Crippen LogP contribution in [-0.2, 0) is 14.3 Å². The van der Waals surface area contributed by atoms with Crippen LogP contribution in [0.1, 0.15) is 19.3 Å². The summed E-state index contributed by atoms with van der Waals surface area (Å²) < 4.78 is 9.68. The number of nitrogens with two attached hydrogens (primary N) is 1. The molecule has 0 spiro atoms. The number of ether oxygens (including phenoxy) is 2. The van der Waals surface area contributed by atoms with Crippen LogP contribution in [0.2, 0.25) is 0 Å². The number of nitrogens with zero attached hydrogens (tertiary/aromatic N) is 1. The van der Waals surface area contributed by atoms with Crippen LogP contribution in [0.5, 0.6) is 0 Å². The van der Waals surface area contributed by atoms with Gasteiger partial charge in [-0.3, -0.25) is 0 Å². The van der Waals surface area contributed by atoms with Crippen LogP contribution in [-0.4, -0.2) is 54.0 Å². The second kappa shape index (κ2) is 5.92. The van der Waals surface area contributed by atoms with Crippen LogP contribution in [0, 0.1) is 0 Å². The molecule has 0 aromatic heterocycles. The van der Waals surface area contributed by atoms with E-state index in [-0.39, 0.29) is 13.0 Å². The van der Waals surface area contributed by atoms with E-state index in [1.54, 1.807) is 0 Å². The number of amides is 1. The van der Waals surface area contributed by atoms with E-state index in [4.69, 9.17) is 10.5 Å². The maximum Gasteiger partial charge on any atom is 0.404 e. The molecule has 7 heteroatoms. The third-order valence-corrected chi connectivity index (χ3v) is 3.28. The highest BCUT2D eigenvalue weighted by Crippen LogP contribution is 2.27. The number of cyclic esters (lactones) is 1. The van der Waals surface area contributed by atoms with Gasteiger partial charge in [0.1, 0.15) is 0 Å². The Morgan fingerprint density at radius 2 is 2.26 bits per heavy atom. The average molecular weight is 270 g/mol. The number of hydrogen-bond acceptors (Lipinski definition) is 6. The smallest absolute Gasteiger partial charge is 0.404 e. The molecule has 1 saturated heterocycles. The molecule has 0 saturated carbocycles. The number of esters is 1. The van der Waals surface area contributed by atoms with Gasteiger partial charge in [-0.05, 0) is 12.8 Å². The Labute approximate surface area is 110 Å². The van der Waals surface area contributed by atoms with Gasteiger partial charge >= 0.3 is 12.1 Å². The van der Waals surface area contributed by atoms with Gasteiger partial charge < -0.3 is 25.2 Å². The van der Waals surface area contributed by atoms with Crippen molar-refractivity contribution in [3.05, 3.63) is 11.8 Å². The van der Waals surface area contributed by atoms with Crippen molar-refractivity contribution in [1.82, 2.24) is 4.90 Å². The molecular formula is C12H18N2O5. The van der Waals surface area contributed by atoms with Crippen LogP contribution >= 0.6 is 0 Å². The second-order valence-electron chi connectivity index (χ2n) is 4.64. The van der Waals surface area contributed by atoms with Crippen molar-refractivity contribution < 1.29 is 24.2 Å². The van der Waals surface area contributed by atoms with Crippen LogP contribution < -0.4 is 5.73 Å². The van der Waals surface area contributed by atoms with Crippen molar-refractivity contribution in [3.8, 4) is 0 Å². The topological polar surface area (TPSA) is 102 Å². The summed E-state index contributed by atoms with van der Waals surface area (Å²) in [6.07, 6.45) is 1.27. The Hall–Kier alpha value is -1.76. The van der Waals surface area contributed by atoms with E-state index in [0.29, 0.717) is 5.70 Å². The Morgan fingerprint density at radius 3 is 2.89 bits per heavy atom. The zero-order valence-corrected chi connectivity index (χ0v) is 10.6. The molecule has 0 aromatic rings. The number of primary amides is 1. The number of rotatable bonds is 5. The molecular weight excluding hydrogens is 252 g/mol. The summed E-state index contributed by atoms with van der Waals surface area (Å²) in [6, 6.07) is 0. The lowest BCUT2D eigenvalue weighted by molar-refractivity contribution is -0.143. The maximum absolute atomic E-state index is 11.4. The van der Waals surface area contributed by atoms with E-state index in [9.17, 15) is 14.7 Å². The third-order valence-electron chi connectivity index (χ3n) is 3.28. The molecule has 19 heavy (non-hydrogen) atoms. The molecule has 1 amide bonds. The van der Waals surface area contributed by atoms with Crippen LogP contribution in [0.25, 0.3) is 0 Å². The van der Waals surface area contributed by atoms with Gasteiger partial charge in [-0.2, -0.15) is 0 Å². The van der Waals surface area contributed by atoms with Gasteiger partial charge in [0.05, 0.1) is 18.4 Å². The van der Waals surface area contributed by atoms with Gasteiger partial charge in [-0.15, -0.1) is 0 Å². The van der Waals surface area contributed by atoms with Gasteiger partial charge in [-0.1, -0.05) is 0 Å². The predicted octanol–water partition coefficient (Wildman–Crippen LogP) is -0.262. The molecule has 7 nitrogen and oxygen atoms in total. The molecule has 2 aliphatic heterocycles. The molecule has 2 heterocycles. The summed E-state index contributed by atoms with van der Waals surface area (Å²) in [6.45, 7) is 1.73. The second-order valence-corrected chi connectivity index (χ2v) is 4.64. The zero-order chi connectivity index (χ0) is 13.8. The molecule has 0 radical (unpaired) electrons. The summed E-state index contributed by atoms with van der Waals surface area (Å²) >= 11 is 0. The minimum atomic E-state index is -0.905. The largest absolute Gasteiger partial charge is 0.450 e. The fourth-order valence-corrected chi connectivity index (χ4v) is 2.38. The van der Waals surface area contributed by atoms with Crippen LogP contribution in [0.3, 0.4) is 0 Å². The van der Waals surface area contributed by atoms with Gasteiger partial charge in [0, 0.05) is 25.6 Å². The summed E-state index contributed by atoms with van der Waals surface area (Å²) in [5.41, 5.74) is 5.55. The maximum atomic E-state index is 11.4. The van der Waals surface area contributed by atoms with Gasteiger partial charge in [0.25, 0.3) is 0 Å². The number of likely N-dealkylation sites (tertiary alicyclic amines) is 1. The lowest BCUT2D eigenvalue weighted by Gasteiger charge is -2.26. The summed E-state index contributed by atoms with van der Waals surface area (Å²) in [7, 11) is 0. The van der Waals surface area contributed by atoms with Gasteiger partial charge in [0.2, 0.25) is 0 Å². The first-order chi connectivity index (χ1) is 9.08. The predicted molar refractivity (Wildman–Crippen MR) is 64.9 cm³/mol. The van der Waals surface area contributed by atoms with Gasteiger partial charge in [0.15, 0.2) is 6.10 Å². The molecule has 2 unspecified atom stereocenters. The standard InChI is InChI=1S/C12H18N2O5/c13-12(17)18-6-3-9(15)11-8(7-10(16)19-11)14-4-1-2-5-14/h7,9,11,15H,1-6H2,(H2,13,17). The fourth-order valence-electron chi connectivity index (χ4n) is 2.38. The van der Waals surface area contributed by atoms with E-state index >= 15 is 0 Å². The average Bonchev–Trinajstić information content (AvgIpc) is 2.96. The molecule has 2 aliphatic rings. The summed E-state index contributed by atoms with van der Waals surface area (Å²) in [4.78, 5) is 23.9. The van der Waals surface area contributed by atoms with Crippen molar-refractivity contribution in [1.29, 1.82) is 0 Å². The first-order valence-electron chi connectivity index (χ1n) is 6.35. The van der Waals surface area contributed by atoms with Crippen molar-refractivity contribution in [3.63, 3.8) is 0 Å². The SMILES string of the molecule is NC(=O)OCCC(O)C1OC(=O)C=C1N1CCCC1. The van der Waals surface area contributed by atoms with E-state index in [2.05, 4.69) is 4.74 Å². The number of aliphatic hydroxyl groups excluding tert-OH is 1. The highest BCUT2D eigenvalue weighted by molar-refractivity contribution is 5.85. The van der Waals surface area contributed by atoms with Gasteiger partial charge in [-0.25, -0.2) is 9.59 Å². The quantitative estimate of drug-likeness (QED) is 0.667. The normalized spacial score (nSPS) is 24.1. The highest BCUT2D eigenvalue weighted by atomic mass is 16.6. The lowest BCUT2D eigenvalue weighted by atomic mass is 10.1. The molecule has 0 aliphatic carbocycles. The van der Waals surface area contributed by atoms with E-state index in [0.717, 1.165) is 25.9 Å².